The van der Waals surface area contributed by atoms with Crippen LogP contribution in [-0.2, 0) is 65.4 Å². The third kappa shape index (κ3) is 65.4. The van der Waals surface area contributed by atoms with E-state index in [1.165, 1.54) is 161 Å². The molecular weight excluding hydrogens is 1210 g/mol. The first-order valence-corrected chi connectivity index (χ1v) is 40.7. The molecule has 0 rings (SSSR count). The van der Waals surface area contributed by atoms with Crippen LogP contribution in [0.5, 0.6) is 0 Å². The highest BCUT2D eigenvalue weighted by atomic mass is 31.2. The van der Waals surface area contributed by atoms with Crippen LogP contribution in [0.25, 0.3) is 0 Å². The van der Waals surface area contributed by atoms with Gasteiger partial charge in [0, 0.05) is 25.7 Å². The van der Waals surface area contributed by atoms with Crippen molar-refractivity contribution in [3.8, 4) is 0 Å². The van der Waals surface area contributed by atoms with E-state index in [0.717, 1.165) is 114 Å². The third-order valence-electron chi connectivity index (χ3n) is 17.2. The Morgan fingerprint density at radius 2 is 0.522 bits per heavy atom. The van der Waals surface area contributed by atoms with E-state index >= 15 is 0 Å². The number of aliphatic hydroxyl groups excluding tert-OH is 1. The maximum atomic E-state index is 13.0. The summed E-state index contributed by atoms with van der Waals surface area (Å²) < 4.78 is 68.3. The van der Waals surface area contributed by atoms with Crippen molar-refractivity contribution < 1.29 is 80.2 Å². The lowest BCUT2D eigenvalue weighted by atomic mass is 10.00. The molecule has 0 aliphatic heterocycles. The number of aliphatic hydroxyl groups is 1. The van der Waals surface area contributed by atoms with Crippen molar-refractivity contribution >= 4 is 39.5 Å². The average Bonchev–Trinajstić information content (AvgIpc) is 1.85. The minimum absolute atomic E-state index is 0.103. The molecule has 0 aromatic rings. The summed E-state index contributed by atoms with van der Waals surface area (Å²) in [4.78, 5) is 72.6. The lowest BCUT2D eigenvalue weighted by Crippen LogP contribution is -2.30. The molecule has 17 nitrogen and oxygen atoms in total. The monoisotopic (exact) mass is 1350 g/mol. The van der Waals surface area contributed by atoms with Gasteiger partial charge in [0.2, 0.25) is 0 Å². The SMILES string of the molecule is CCC(C)CCCCCCCCC(=O)O[C@H](COC(=O)CCCCCCCCCCCCCCCCCCCCC(C)C)COP(=O)(O)OCC(O)COP(=O)(O)OC[C@@H](COC(=O)CCCCCCCCCC(C)C)OC(=O)CCCCCCCCCCC(C)C. The van der Waals surface area contributed by atoms with Gasteiger partial charge in [0.25, 0.3) is 0 Å². The van der Waals surface area contributed by atoms with Crippen molar-refractivity contribution in [2.45, 2.75) is 382 Å². The molecule has 0 spiro atoms. The molecule has 4 unspecified atom stereocenters. The minimum atomic E-state index is -4.95. The number of carbonyl (C=O) groups excluding carboxylic acids is 4. The van der Waals surface area contributed by atoms with E-state index in [2.05, 4.69) is 55.4 Å². The van der Waals surface area contributed by atoms with Gasteiger partial charge in [0.15, 0.2) is 12.2 Å². The molecule has 3 N–H and O–H groups in total. The van der Waals surface area contributed by atoms with Crippen molar-refractivity contribution in [2.24, 2.45) is 23.7 Å². The predicted octanol–water partition coefficient (Wildman–Crippen LogP) is 20.9. The quantitative estimate of drug-likeness (QED) is 0.0222. The van der Waals surface area contributed by atoms with Crippen LogP contribution in [0.4, 0.5) is 0 Å². The van der Waals surface area contributed by atoms with Gasteiger partial charge in [-0.15, -0.1) is 0 Å². The van der Waals surface area contributed by atoms with Crippen LogP contribution in [0.3, 0.4) is 0 Å². The average molecular weight is 1350 g/mol. The van der Waals surface area contributed by atoms with Crippen molar-refractivity contribution in [3.05, 3.63) is 0 Å². The summed E-state index contributed by atoms with van der Waals surface area (Å²) in [5, 5.41) is 10.6. The van der Waals surface area contributed by atoms with E-state index in [0.29, 0.717) is 31.6 Å². The number of ether oxygens (including phenoxy) is 4. The summed E-state index contributed by atoms with van der Waals surface area (Å²) in [6, 6.07) is 0. The molecule has 19 heteroatoms. The zero-order valence-electron chi connectivity index (χ0n) is 60.2. The highest BCUT2D eigenvalue weighted by Gasteiger charge is 2.30. The fraction of sp³-hybridized carbons (Fsp3) is 0.945. The van der Waals surface area contributed by atoms with Crippen molar-refractivity contribution in [2.75, 3.05) is 39.6 Å². The summed E-state index contributed by atoms with van der Waals surface area (Å²) in [6.07, 6.45) is 46.2. The molecule has 6 atom stereocenters. The second-order valence-electron chi connectivity index (χ2n) is 28.0. The molecule has 546 valence electrons. The molecule has 0 aromatic carbocycles. The van der Waals surface area contributed by atoms with E-state index in [4.69, 9.17) is 37.0 Å². The summed E-state index contributed by atoms with van der Waals surface area (Å²) >= 11 is 0. The van der Waals surface area contributed by atoms with Gasteiger partial charge in [-0.25, -0.2) is 9.13 Å². The Balaban J connectivity index is 5.14. The molecule has 0 saturated heterocycles. The highest BCUT2D eigenvalue weighted by Crippen LogP contribution is 2.45. The van der Waals surface area contributed by atoms with E-state index in [1.54, 1.807) is 0 Å². The maximum Gasteiger partial charge on any atom is 0.472 e. The molecule has 0 saturated carbocycles. The maximum absolute atomic E-state index is 13.0. The van der Waals surface area contributed by atoms with Gasteiger partial charge in [-0.3, -0.25) is 37.3 Å². The Labute approximate surface area is 562 Å². The van der Waals surface area contributed by atoms with Crippen LogP contribution < -0.4 is 0 Å². The van der Waals surface area contributed by atoms with E-state index < -0.39 is 97.5 Å². The summed E-state index contributed by atoms with van der Waals surface area (Å²) in [6.45, 7) is 14.1. The first kappa shape index (κ1) is 90.1. The number of rotatable bonds is 70. The van der Waals surface area contributed by atoms with E-state index in [9.17, 15) is 43.2 Å². The molecule has 0 fully saturated rings. The van der Waals surface area contributed by atoms with Gasteiger partial charge in [0.1, 0.15) is 19.3 Å². The molecule has 0 aliphatic carbocycles. The summed E-state index contributed by atoms with van der Waals surface area (Å²) in [5.74, 6) is 0.835. The summed E-state index contributed by atoms with van der Waals surface area (Å²) in [7, 11) is -9.90. The van der Waals surface area contributed by atoms with Crippen molar-refractivity contribution in [3.63, 3.8) is 0 Å². The predicted molar refractivity (Wildman–Crippen MR) is 372 cm³/mol. The number of phosphoric ester groups is 2. The topological polar surface area (TPSA) is 237 Å². The van der Waals surface area contributed by atoms with Crippen LogP contribution in [0, 0.1) is 23.7 Å². The first-order chi connectivity index (χ1) is 44.1. The van der Waals surface area contributed by atoms with Gasteiger partial charge in [0.05, 0.1) is 26.4 Å². The van der Waals surface area contributed by atoms with Crippen LogP contribution in [0.15, 0.2) is 0 Å². The minimum Gasteiger partial charge on any atom is -0.462 e. The lowest BCUT2D eigenvalue weighted by molar-refractivity contribution is -0.161. The molecule has 0 aromatic heterocycles. The van der Waals surface area contributed by atoms with Crippen LogP contribution in [-0.4, -0.2) is 96.7 Å². The van der Waals surface area contributed by atoms with Crippen molar-refractivity contribution in [1.82, 2.24) is 0 Å². The van der Waals surface area contributed by atoms with Gasteiger partial charge >= 0.3 is 39.5 Å². The number of carbonyl (C=O) groups is 4. The second-order valence-corrected chi connectivity index (χ2v) is 30.9. The van der Waals surface area contributed by atoms with Crippen molar-refractivity contribution in [1.29, 1.82) is 0 Å². The standard InChI is InChI=1S/C73H142O17P2/c1-9-66(8)52-44-36-31-32-40-48-56-73(78)90-69(60-83-70(75)53-45-37-28-21-19-17-15-13-11-10-12-14-16-18-20-25-33-41-49-63(2)3)62-88-92(81,82)86-58-67(74)57-85-91(79,80)87-61-68(59-84-71(76)54-46-38-30-24-27-35-43-51-65(6)7)89-72(77)55-47-39-29-23-22-26-34-42-50-64(4)5/h63-69,74H,9-62H2,1-8H3,(H,79,80)(H,81,82)/t66?,67?,68-,69-/m1/s1. The van der Waals surface area contributed by atoms with Crippen LogP contribution in [0.1, 0.15) is 364 Å². The Kier molecular flexibility index (Phi) is 61.3. The highest BCUT2D eigenvalue weighted by molar-refractivity contribution is 7.47. The molecule has 0 amide bonds. The number of unbranched alkanes of at least 4 members (excludes halogenated alkanes) is 35. The Morgan fingerprint density at radius 3 is 0.772 bits per heavy atom. The molecule has 0 aliphatic rings. The zero-order valence-corrected chi connectivity index (χ0v) is 62.0. The Bertz CT molecular complexity index is 1820. The van der Waals surface area contributed by atoms with Crippen LogP contribution in [0.2, 0.25) is 0 Å². The molecule has 0 bridgehead atoms. The number of hydrogen-bond acceptors (Lipinski definition) is 15. The zero-order chi connectivity index (χ0) is 68.2. The third-order valence-corrected chi connectivity index (χ3v) is 19.1. The molecule has 92 heavy (non-hydrogen) atoms. The molecule has 0 radical (unpaired) electrons. The Hall–Kier alpha value is -1.94. The van der Waals surface area contributed by atoms with Gasteiger partial charge in [-0.2, -0.15) is 0 Å². The van der Waals surface area contributed by atoms with Gasteiger partial charge < -0.3 is 33.8 Å². The lowest BCUT2D eigenvalue weighted by Gasteiger charge is -2.21. The normalized spacial score (nSPS) is 14.5. The Morgan fingerprint density at radius 1 is 0.304 bits per heavy atom. The molecular formula is C73H142O17P2. The fourth-order valence-corrected chi connectivity index (χ4v) is 12.6. The van der Waals surface area contributed by atoms with E-state index in [-0.39, 0.29) is 25.7 Å². The van der Waals surface area contributed by atoms with E-state index in [1.807, 2.05) is 0 Å². The number of phosphoric acid groups is 2. The second kappa shape index (κ2) is 62.6. The fourth-order valence-electron chi connectivity index (χ4n) is 11.0. The number of hydrogen-bond donors (Lipinski definition) is 3. The number of esters is 4. The van der Waals surface area contributed by atoms with Gasteiger partial charge in [-0.1, -0.05) is 312 Å². The van der Waals surface area contributed by atoms with Gasteiger partial charge in [-0.05, 0) is 49.4 Å². The van der Waals surface area contributed by atoms with Crippen LogP contribution >= 0.6 is 15.6 Å². The first-order valence-electron chi connectivity index (χ1n) is 37.7. The molecule has 0 heterocycles. The summed E-state index contributed by atoms with van der Waals surface area (Å²) in [5.41, 5.74) is 0. The smallest absolute Gasteiger partial charge is 0.462 e. The largest absolute Gasteiger partial charge is 0.472 e.